The molecule has 5 heteroatoms. The van der Waals surface area contributed by atoms with E-state index in [1.54, 1.807) is 4.90 Å². The topological polar surface area (TPSA) is 49.9 Å². The van der Waals surface area contributed by atoms with E-state index in [-0.39, 0.29) is 11.9 Å². The van der Waals surface area contributed by atoms with Gasteiger partial charge in [0, 0.05) is 19.0 Å². The fraction of sp³-hybridized carbons (Fsp3) is 0.600. The zero-order valence-corrected chi connectivity index (χ0v) is 15.4. The number of amides is 1. The van der Waals surface area contributed by atoms with Crippen molar-refractivity contribution in [2.24, 2.45) is 5.92 Å². The Labute approximate surface area is 149 Å². The maximum absolute atomic E-state index is 13.0. The number of methoxy groups -OCH3 is 1. The maximum Gasteiger partial charge on any atom is 0.328 e. The van der Waals surface area contributed by atoms with Gasteiger partial charge in [0.05, 0.1) is 13.7 Å². The minimum Gasteiger partial charge on any atom is -0.467 e. The Morgan fingerprint density at radius 1 is 1.24 bits per heavy atom. The van der Waals surface area contributed by atoms with Crippen LogP contribution in [0.3, 0.4) is 0 Å². The minimum absolute atomic E-state index is 0.0254. The monoisotopic (exact) mass is 344 g/mol. The van der Waals surface area contributed by atoms with E-state index < -0.39 is 6.04 Å². The lowest BCUT2D eigenvalue weighted by Gasteiger charge is -2.37. The van der Waals surface area contributed by atoms with Gasteiger partial charge in [-0.15, -0.1) is 0 Å². The first-order valence-corrected chi connectivity index (χ1v) is 9.19. The molecule has 0 unspecified atom stereocenters. The molecular formula is C20H28N2O3. The second-order valence-corrected chi connectivity index (χ2v) is 7.46. The van der Waals surface area contributed by atoms with E-state index in [1.165, 1.54) is 7.11 Å². The summed E-state index contributed by atoms with van der Waals surface area (Å²) in [5.74, 6) is 0.232. The number of carbonyl (C=O) groups is 2. The molecule has 2 atom stereocenters. The molecule has 0 N–H and O–H groups in total. The molecule has 5 nitrogen and oxygen atoms in total. The number of esters is 1. The van der Waals surface area contributed by atoms with Gasteiger partial charge in [-0.3, -0.25) is 9.69 Å². The van der Waals surface area contributed by atoms with E-state index in [4.69, 9.17) is 4.74 Å². The fourth-order valence-electron chi connectivity index (χ4n) is 4.20. The van der Waals surface area contributed by atoms with Gasteiger partial charge in [-0.25, -0.2) is 4.79 Å². The summed E-state index contributed by atoms with van der Waals surface area (Å²) >= 11 is 0. The van der Waals surface area contributed by atoms with Crippen LogP contribution in [-0.2, 0) is 27.3 Å². The summed E-state index contributed by atoms with van der Waals surface area (Å²) < 4.78 is 4.97. The summed E-state index contributed by atoms with van der Waals surface area (Å²) in [5.41, 5.74) is 2.25. The van der Waals surface area contributed by atoms with Crippen LogP contribution in [0.25, 0.3) is 0 Å². The van der Waals surface area contributed by atoms with Gasteiger partial charge < -0.3 is 9.64 Å². The van der Waals surface area contributed by atoms with Crippen molar-refractivity contribution >= 4 is 11.9 Å². The normalized spacial score (nSPS) is 23.6. The zero-order valence-electron chi connectivity index (χ0n) is 15.4. The van der Waals surface area contributed by atoms with Crippen molar-refractivity contribution in [3.63, 3.8) is 0 Å². The zero-order chi connectivity index (χ0) is 18.0. The van der Waals surface area contributed by atoms with Crippen LogP contribution in [0.2, 0.25) is 0 Å². The highest BCUT2D eigenvalue weighted by Gasteiger charge is 2.37. The largest absolute Gasteiger partial charge is 0.467 e. The summed E-state index contributed by atoms with van der Waals surface area (Å²) in [4.78, 5) is 29.3. The van der Waals surface area contributed by atoms with E-state index >= 15 is 0 Å². The quantitative estimate of drug-likeness (QED) is 0.786. The van der Waals surface area contributed by atoms with Crippen molar-refractivity contribution in [2.45, 2.75) is 51.7 Å². The standard InChI is InChI=1S/C20H28N2O3/c1-14(2)17-9-6-10-21(17)13-19(23)22-12-16-8-5-4-7-15(16)11-18(22)20(24)25-3/h4-5,7-8,14,17-18H,6,9-13H2,1-3H3/t17-,18+/m1/s1. The number of carbonyl (C=O) groups excluding carboxylic acids is 2. The van der Waals surface area contributed by atoms with Crippen LogP contribution in [-0.4, -0.2) is 54.0 Å². The second kappa shape index (κ2) is 7.56. The molecule has 0 radical (unpaired) electrons. The molecule has 0 spiro atoms. The number of likely N-dealkylation sites (tertiary alicyclic amines) is 1. The molecule has 2 aliphatic heterocycles. The maximum atomic E-state index is 13.0. The summed E-state index contributed by atoms with van der Waals surface area (Å²) in [6, 6.07) is 7.96. The fourth-order valence-corrected chi connectivity index (χ4v) is 4.20. The Bertz CT molecular complexity index is 644. The van der Waals surface area contributed by atoms with Crippen LogP contribution in [0.15, 0.2) is 24.3 Å². The van der Waals surface area contributed by atoms with Gasteiger partial charge in [-0.1, -0.05) is 38.1 Å². The van der Waals surface area contributed by atoms with Gasteiger partial charge in [0.15, 0.2) is 0 Å². The lowest BCUT2D eigenvalue weighted by atomic mass is 9.93. The van der Waals surface area contributed by atoms with Gasteiger partial charge in [-0.05, 0) is 36.4 Å². The first-order chi connectivity index (χ1) is 12.0. The first kappa shape index (κ1) is 17.9. The molecule has 2 heterocycles. The van der Waals surface area contributed by atoms with Crippen molar-refractivity contribution in [3.8, 4) is 0 Å². The van der Waals surface area contributed by atoms with E-state index in [9.17, 15) is 9.59 Å². The Morgan fingerprint density at radius 3 is 2.64 bits per heavy atom. The second-order valence-electron chi connectivity index (χ2n) is 7.46. The number of rotatable bonds is 4. The van der Waals surface area contributed by atoms with Gasteiger partial charge in [0.2, 0.25) is 5.91 Å². The highest BCUT2D eigenvalue weighted by atomic mass is 16.5. The van der Waals surface area contributed by atoms with Crippen LogP contribution >= 0.6 is 0 Å². The Morgan fingerprint density at radius 2 is 1.96 bits per heavy atom. The molecule has 1 aromatic rings. The molecule has 25 heavy (non-hydrogen) atoms. The molecule has 136 valence electrons. The number of hydrogen-bond acceptors (Lipinski definition) is 4. The lowest BCUT2D eigenvalue weighted by Crippen LogP contribution is -2.52. The van der Waals surface area contributed by atoms with Crippen LogP contribution in [0.1, 0.15) is 37.8 Å². The van der Waals surface area contributed by atoms with Gasteiger partial charge in [0.25, 0.3) is 0 Å². The third kappa shape index (κ3) is 3.71. The number of benzene rings is 1. The molecule has 3 rings (SSSR count). The molecule has 1 aromatic carbocycles. The molecule has 0 saturated carbocycles. The summed E-state index contributed by atoms with van der Waals surface area (Å²) in [6.45, 7) is 6.25. The molecule has 0 bridgehead atoms. The highest BCUT2D eigenvalue weighted by Crippen LogP contribution is 2.27. The summed E-state index contributed by atoms with van der Waals surface area (Å²) in [7, 11) is 1.39. The third-order valence-electron chi connectivity index (χ3n) is 5.56. The summed E-state index contributed by atoms with van der Waals surface area (Å²) in [5, 5.41) is 0. The molecule has 1 amide bonds. The van der Waals surface area contributed by atoms with Crippen LogP contribution < -0.4 is 0 Å². The van der Waals surface area contributed by atoms with Crippen LogP contribution in [0.5, 0.6) is 0 Å². The number of fused-ring (bicyclic) bond motifs is 1. The average Bonchev–Trinajstić information content (AvgIpc) is 3.08. The Hall–Kier alpha value is -1.88. The molecular weight excluding hydrogens is 316 g/mol. The molecule has 1 saturated heterocycles. The smallest absolute Gasteiger partial charge is 0.328 e. The molecule has 2 aliphatic rings. The number of hydrogen-bond donors (Lipinski definition) is 0. The van der Waals surface area contributed by atoms with Gasteiger partial charge in [0.1, 0.15) is 6.04 Å². The van der Waals surface area contributed by atoms with E-state index in [0.717, 1.165) is 30.5 Å². The number of ether oxygens (including phenoxy) is 1. The van der Waals surface area contributed by atoms with Crippen molar-refractivity contribution in [1.29, 1.82) is 0 Å². The number of nitrogens with zero attached hydrogens (tertiary/aromatic N) is 2. The van der Waals surface area contributed by atoms with Crippen molar-refractivity contribution in [1.82, 2.24) is 9.80 Å². The first-order valence-electron chi connectivity index (χ1n) is 9.19. The van der Waals surface area contributed by atoms with E-state index in [2.05, 4.69) is 18.7 Å². The summed E-state index contributed by atoms with van der Waals surface area (Å²) in [6.07, 6.45) is 2.82. The Kier molecular flexibility index (Phi) is 5.42. The minimum atomic E-state index is -0.521. The van der Waals surface area contributed by atoms with E-state index in [0.29, 0.717) is 31.5 Å². The molecule has 0 aliphatic carbocycles. The Balaban J connectivity index is 1.78. The molecule has 0 aromatic heterocycles. The van der Waals surface area contributed by atoms with Gasteiger partial charge in [-0.2, -0.15) is 0 Å². The lowest BCUT2D eigenvalue weighted by molar-refractivity contribution is -0.154. The predicted molar refractivity (Wildman–Crippen MR) is 95.9 cm³/mol. The third-order valence-corrected chi connectivity index (χ3v) is 5.56. The van der Waals surface area contributed by atoms with Crippen molar-refractivity contribution in [2.75, 3.05) is 20.2 Å². The highest BCUT2D eigenvalue weighted by molar-refractivity contribution is 5.86. The van der Waals surface area contributed by atoms with Crippen LogP contribution in [0.4, 0.5) is 0 Å². The average molecular weight is 344 g/mol. The predicted octanol–water partition coefficient (Wildman–Crippen LogP) is 2.23. The molecule has 1 fully saturated rings. The van der Waals surface area contributed by atoms with E-state index in [1.807, 2.05) is 24.3 Å². The van der Waals surface area contributed by atoms with Crippen molar-refractivity contribution < 1.29 is 14.3 Å². The van der Waals surface area contributed by atoms with Crippen LogP contribution in [0, 0.1) is 5.92 Å². The SMILES string of the molecule is COC(=O)[C@@H]1Cc2ccccc2CN1C(=O)CN1CCC[C@@H]1C(C)C. The van der Waals surface area contributed by atoms with Crippen molar-refractivity contribution in [3.05, 3.63) is 35.4 Å². The van der Waals surface area contributed by atoms with Gasteiger partial charge >= 0.3 is 5.97 Å².